The zero-order valence-corrected chi connectivity index (χ0v) is 11.9. The van der Waals surface area contributed by atoms with Gasteiger partial charge in [-0.3, -0.25) is 4.79 Å². The molecule has 8 heteroatoms. The largest absolute Gasteiger partial charge is 0.465 e. The Morgan fingerprint density at radius 2 is 1.86 bits per heavy atom. The van der Waals surface area contributed by atoms with Crippen molar-refractivity contribution in [3.05, 3.63) is 54.5 Å². The van der Waals surface area contributed by atoms with Crippen molar-refractivity contribution in [3.8, 4) is 0 Å². The molecule has 2 rings (SSSR count). The van der Waals surface area contributed by atoms with Gasteiger partial charge in [-0.05, 0) is 42.5 Å². The number of anilines is 1. The average Bonchev–Trinajstić information content (AvgIpc) is 2.99. The standard InChI is InChI=1S/C14H11F2NO4S/c15-14(16)22(19,20)12-6-3-10(4-7-12)17-13(18)8-5-11-2-1-9-21-11/h1-9,14H,(H,17,18). The van der Waals surface area contributed by atoms with E-state index in [1.54, 1.807) is 12.1 Å². The molecule has 1 aromatic heterocycles. The van der Waals surface area contributed by atoms with Crippen molar-refractivity contribution in [2.45, 2.75) is 10.7 Å². The second-order valence-corrected chi connectivity index (χ2v) is 6.09. The number of sulfone groups is 1. The van der Waals surface area contributed by atoms with E-state index in [1.807, 2.05) is 0 Å². The summed E-state index contributed by atoms with van der Waals surface area (Å²) >= 11 is 0. The average molecular weight is 327 g/mol. The van der Waals surface area contributed by atoms with E-state index in [0.29, 0.717) is 5.76 Å². The van der Waals surface area contributed by atoms with Crippen LogP contribution in [-0.4, -0.2) is 20.1 Å². The number of benzene rings is 1. The van der Waals surface area contributed by atoms with E-state index in [2.05, 4.69) is 5.32 Å². The van der Waals surface area contributed by atoms with Crippen LogP contribution >= 0.6 is 0 Å². The highest BCUT2D eigenvalue weighted by atomic mass is 32.2. The van der Waals surface area contributed by atoms with Gasteiger partial charge >= 0.3 is 5.76 Å². The van der Waals surface area contributed by atoms with Gasteiger partial charge in [0.1, 0.15) is 5.76 Å². The fourth-order valence-corrected chi connectivity index (χ4v) is 2.28. The summed E-state index contributed by atoms with van der Waals surface area (Å²) in [6, 6.07) is 7.80. The molecule has 0 bridgehead atoms. The highest BCUT2D eigenvalue weighted by Crippen LogP contribution is 2.20. The molecule has 1 heterocycles. The molecule has 0 unspecified atom stereocenters. The first-order valence-electron chi connectivity index (χ1n) is 6.04. The number of carbonyl (C=O) groups excluding carboxylic acids is 1. The molecule has 0 atom stereocenters. The summed E-state index contributed by atoms with van der Waals surface area (Å²) < 4.78 is 52.2. The number of rotatable bonds is 5. The quantitative estimate of drug-likeness (QED) is 0.857. The summed E-state index contributed by atoms with van der Waals surface area (Å²) in [5.74, 6) is -3.46. The second kappa shape index (κ2) is 6.52. The SMILES string of the molecule is O=C(C=Cc1ccco1)Nc1ccc(S(=O)(=O)C(F)F)cc1. The number of halogens is 2. The normalized spacial score (nSPS) is 12.0. The third-order valence-electron chi connectivity index (χ3n) is 2.63. The van der Waals surface area contributed by atoms with Gasteiger partial charge in [-0.25, -0.2) is 8.42 Å². The lowest BCUT2D eigenvalue weighted by Gasteiger charge is -2.05. The Kier molecular flexibility index (Phi) is 4.71. The fourth-order valence-electron chi connectivity index (χ4n) is 1.56. The summed E-state index contributed by atoms with van der Waals surface area (Å²) in [7, 11) is -4.63. The van der Waals surface area contributed by atoms with Crippen molar-refractivity contribution in [3.63, 3.8) is 0 Å². The molecule has 1 aromatic carbocycles. The Morgan fingerprint density at radius 3 is 2.41 bits per heavy atom. The summed E-state index contributed by atoms with van der Waals surface area (Å²) in [4.78, 5) is 11.1. The van der Waals surface area contributed by atoms with Gasteiger partial charge in [0, 0.05) is 11.8 Å². The number of hydrogen-bond acceptors (Lipinski definition) is 4. The Labute approximate surface area is 125 Å². The van der Waals surface area contributed by atoms with Crippen molar-refractivity contribution in [1.82, 2.24) is 0 Å². The molecule has 0 aliphatic carbocycles. The predicted octanol–water partition coefficient (Wildman–Crippen LogP) is 2.93. The number of hydrogen-bond donors (Lipinski definition) is 1. The zero-order valence-electron chi connectivity index (χ0n) is 11.1. The molecule has 2 aromatic rings. The van der Waals surface area contributed by atoms with Gasteiger partial charge in [0.2, 0.25) is 15.7 Å². The maximum Gasteiger partial charge on any atom is 0.341 e. The summed E-state index contributed by atoms with van der Waals surface area (Å²) in [6.07, 6.45) is 4.13. The lowest BCUT2D eigenvalue weighted by molar-refractivity contribution is -0.111. The van der Waals surface area contributed by atoms with Crippen LogP contribution in [0.15, 0.2) is 58.1 Å². The van der Waals surface area contributed by atoms with Crippen molar-refractivity contribution in [2.75, 3.05) is 5.32 Å². The summed E-state index contributed by atoms with van der Waals surface area (Å²) in [6.45, 7) is 0. The lowest BCUT2D eigenvalue weighted by Crippen LogP contribution is -2.12. The van der Waals surface area contributed by atoms with E-state index in [-0.39, 0.29) is 5.69 Å². The van der Waals surface area contributed by atoms with Crippen LogP contribution in [0.3, 0.4) is 0 Å². The number of alkyl halides is 2. The van der Waals surface area contributed by atoms with E-state index in [0.717, 1.165) is 12.1 Å². The molecule has 0 spiro atoms. The maximum atomic E-state index is 12.4. The molecule has 1 amide bonds. The predicted molar refractivity (Wildman–Crippen MR) is 76.0 cm³/mol. The smallest absolute Gasteiger partial charge is 0.341 e. The van der Waals surface area contributed by atoms with Crippen LogP contribution in [0.25, 0.3) is 6.08 Å². The van der Waals surface area contributed by atoms with E-state index < -0.39 is 26.4 Å². The van der Waals surface area contributed by atoms with E-state index in [1.165, 1.54) is 30.5 Å². The van der Waals surface area contributed by atoms with Crippen LogP contribution in [-0.2, 0) is 14.6 Å². The molecule has 0 radical (unpaired) electrons. The Morgan fingerprint density at radius 1 is 1.18 bits per heavy atom. The van der Waals surface area contributed by atoms with Crippen LogP contribution in [0.2, 0.25) is 0 Å². The Balaban J connectivity index is 2.04. The monoisotopic (exact) mass is 327 g/mol. The summed E-state index contributed by atoms with van der Waals surface area (Å²) in [5, 5.41) is 2.46. The van der Waals surface area contributed by atoms with Crippen molar-refractivity contribution in [2.24, 2.45) is 0 Å². The van der Waals surface area contributed by atoms with E-state index in [9.17, 15) is 22.0 Å². The fraction of sp³-hybridized carbons (Fsp3) is 0.0714. The van der Waals surface area contributed by atoms with Crippen molar-refractivity contribution in [1.29, 1.82) is 0 Å². The minimum Gasteiger partial charge on any atom is -0.465 e. The number of amides is 1. The number of furan rings is 1. The van der Waals surface area contributed by atoms with Crippen LogP contribution in [0, 0.1) is 0 Å². The first-order chi connectivity index (χ1) is 10.4. The molecule has 0 saturated heterocycles. The molecule has 0 aliphatic heterocycles. The summed E-state index contributed by atoms with van der Waals surface area (Å²) in [5.41, 5.74) is 0.280. The van der Waals surface area contributed by atoms with Crippen LogP contribution in [0.4, 0.5) is 14.5 Å². The molecule has 5 nitrogen and oxygen atoms in total. The molecule has 0 aliphatic rings. The van der Waals surface area contributed by atoms with E-state index in [4.69, 9.17) is 4.42 Å². The molecule has 116 valence electrons. The van der Waals surface area contributed by atoms with Gasteiger partial charge in [0.15, 0.2) is 0 Å². The van der Waals surface area contributed by atoms with Crippen LogP contribution in [0.1, 0.15) is 5.76 Å². The Bertz CT molecular complexity index is 766. The minimum absolute atomic E-state index is 0.280. The van der Waals surface area contributed by atoms with Gasteiger partial charge in [0.05, 0.1) is 11.2 Å². The van der Waals surface area contributed by atoms with E-state index >= 15 is 0 Å². The third-order valence-corrected chi connectivity index (χ3v) is 4.03. The number of carbonyl (C=O) groups is 1. The maximum absolute atomic E-state index is 12.4. The molecule has 22 heavy (non-hydrogen) atoms. The number of nitrogens with one attached hydrogen (secondary N) is 1. The van der Waals surface area contributed by atoms with Crippen molar-refractivity contribution >= 4 is 27.5 Å². The van der Waals surface area contributed by atoms with Gasteiger partial charge in [-0.15, -0.1) is 0 Å². The van der Waals surface area contributed by atoms with Gasteiger partial charge in [0.25, 0.3) is 0 Å². The topological polar surface area (TPSA) is 76.4 Å². The van der Waals surface area contributed by atoms with Gasteiger partial charge < -0.3 is 9.73 Å². The molecule has 1 N–H and O–H groups in total. The van der Waals surface area contributed by atoms with Gasteiger partial charge in [-0.1, -0.05) is 0 Å². The molecule has 0 fully saturated rings. The van der Waals surface area contributed by atoms with Gasteiger partial charge in [-0.2, -0.15) is 8.78 Å². The molecular weight excluding hydrogens is 316 g/mol. The Hall–Kier alpha value is -2.48. The zero-order chi connectivity index (χ0) is 16.2. The molecule has 0 saturated carbocycles. The lowest BCUT2D eigenvalue weighted by atomic mass is 10.3. The first kappa shape index (κ1) is 15.9. The molecular formula is C14H11F2NO4S. The highest BCUT2D eigenvalue weighted by Gasteiger charge is 2.26. The van der Waals surface area contributed by atoms with Crippen molar-refractivity contribution < 1.29 is 26.4 Å². The minimum atomic E-state index is -4.63. The van der Waals surface area contributed by atoms with Crippen LogP contribution in [0.5, 0.6) is 0 Å². The highest BCUT2D eigenvalue weighted by molar-refractivity contribution is 7.91. The van der Waals surface area contributed by atoms with Crippen LogP contribution < -0.4 is 5.32 Å². The third kappa shape index (κ3) is 3.79. The second-order valence-electron chi connectivity index (χ2n) is 4.17. The first-order valence-corrected chi connectivity index (χ1v) is 7.59.